The van der Waals surface area contributed by atoms with Crippen LogP contribution in [0.4, 0.5) is 13.2 Å². The second-order valence-corrected chi connectivity index (χ2v) is 5.59. The second kappa shape index (κ2) is 5.94. The fourth-order valence-corrected chi connectivity index (χ4v) is 2.77. The molecule has 2 aromatic carbocycles. The minimum atomic E-state index is -4.47. The first kappa shape index (κ1) is 16.5. The first-order valence-electron chi connectivity index (χ1n) is 7.05. The zero-order valence-corrected chi connectivity index (χ0v) is 13.3. The van der Waals surface area contributed by atoms with E-state index in [-0.39, 0.29) is 22.8 Å². The van der Waals surface area contributed by atoms with E-state index in [4.69, 9.17) is 11.6 Å². The van der Waals surface area contributed by atoms with Crippen molar-refractivity contribution in [2.45, 2.75) is 12.1 Å². The van der Waals surface area contributed by atoms with Gasteiger partial charge in [-0.15, -0.1) is 11.6 Å². The fraction of sp³-hybridized carbons (Fsp3) is 0.176. The summed E-state index contributed by atoms with van der Waals surface area (Å²) in [4.78, 5) is 16.9. The zero-order chi connectivity index (χ0) is 17.5. The predicted molar refractivity (Wildman–Crippen MR) is 87.0 cm³/mol. The number of nitrogens with zero attached hydrogens (tertiary/aromatic N) is 2. The Morgan fingerprint density at radius 3 is 2.54 bits per heavy atom. The van der Waals surface area contributed by atoms with Gasteiger partial charge in [-0.1, -0.05) is 24.3 Å². The second-order valence-electron chi connectivity index (χ2n) is 5.33. The van der Waals surface area contributed by atoms with Gasteiger partial charge in [-0.2, -0.15) is 13.2 Å². The SMILES string of the molecule is Cn1c(-c2cccc(C(F)(F)F)c2)nc2c(CCl)cccc2c1=O. The van der Waals surface area contributed by atoms with Gasteiger partial charge in [-0.3, -0.25) is 9.36 Å². The van der Waals surface area contributed by atoms with Crippen molar-refractivity contribution in [2.24, 2.45) is 7.05 Å². The highest BCUT2D eigenvalue weighted by Crippen LogP contribution is 2.31. The van der Waals surface area contributed by atoms with E-state index >= 15 is 0 Å². The molecule has 0 spiro atoms. The summed E-state index contributed by atoms with van der Waals surface area (Å²) in [5.74, 6) is 0.315. The van der Waals surface area contributed by atoms with Crippen LogP contribution in [-0.4, -0.2) is 9.55 Å². The minimum Gasteiger partial charge on any atom is -0.295 e. The van der Waals surface area contributed by atoms with Crippen molar-refractivity contribution in [2.75, 3.05) is 0 Å². The molecule has 0 N–H and O–H groups in total. The number of halogens is 4. The van der Waals surface area contributed by atoms with Crippen LogP contribution in [0.15, 0.2) is 47.3 Å². The van der Waals surface area contributed by atoms with Crippen molar-refractivity contribution >= 4 is 22.5 Å². The number of fused-ring (bicyclic) bond motifs is 1. The quantitative estimate of drug-likeness (QED) is 0.642. The third kappa shape index (κ3) is 2.78. The number of aromatic nitrogens is 2. The van der Waals surface area contributed by atoms with Crippen molar-refractivity contribution in [3.05, 3.63) is 63.9 Å². The van der Waals surface area contributed by atoms with Gasteiger partial charge in [0.1, 0.15) is 5.82 Å². The normalized spacial score (nSPS) is 11.9. The molecule has 0 fully saturated rings. The van der Waals surface area contributed by atoms with Gasteiger partial charge in [0.2, 0.25) is 0 Å². The maximum atomic E-state index is 12.9. The number of hydrogen-bond acceptors (Lipinski definition) is 2. The molecule has 124 valence electrons. The van der Waals surface area contributed by atoms with E-state index in [0.29, 0.717) is 16.5 Å². The molecule has 0 unspecified atom stereocenters. The van der Waals surface area contributed by atoms with Crippen molar-refractivity contribution in [3.8, 4) is 11.4 Å². The molecule has 1 aromatic heterocycles. The van der Waals surface area contributed by atoms with Crippen LogP contribution in [0.1, 0.15) is 11.1 Å². The number of rotatable bonds is 2. The van der Waals surface area contributed by atoms with Gasteiger partial charge in [0.25, 0.3) is 5.56 Å². The smallest absolute Gasteiger partial charge is 0.295 e. The van der Waals surface area contributed by atoms with E-state index in [9.17, 15) is 18.0 Å². The van der Waals surface area contributed by atoms with Gasteiger partial charge in [-0.05, 0) is 23.8 Å². The van der Waals surface area contributed by atoms with E-state index in [1.807, 2.05) is 0 Å². The van der Waals surface area contributed by atoms with Crippen LogP contribution < -0.4 is 5.56 Å². The van der Waals surface area contributed by atoms with E-state index in [2.05, 4.69) is 4.98 Å². The summed E-state index contributed by atoms with van der Waals surface area (Å²) < 4.78 is 40.0. The predicted octanol–water partition coefficient (Wildman–Crippen LogP) is 4.36. The molecule has 0 aliphatic carbocycles. The fourth-order valence-electron chi connectivity index (χ4n) is 2.55. The molecule has 24 heavy (non-hydrogen) atoms. The summed E-state index contributed by atoms with van der Waals surface area (Å²) in [5, 5.41) is 0.381. The highest BCUT2D eigenvalue weighted by atomic mass is 35.5. The molecule has 0 saturated carbocycles. The minimum absolute atomic E-state index is 0.152. The lowest BCUT2D eigenvalue weighted by molar-refractivity contribution is -0.137. The maximum absolute atomic E-state index is 12.9. The van der Waals surface area contributed by atoms with Crippen LogP contribution in [0.2, 0.25) is 0 Å². The summed E-state index contributed by atoms with van der Waals surface area (Å²) in [6.45, 7) is 0. The Kier molecular flexibility index (Phi) is 4.09. The first-order chi connectivity index (χ1) is 11.3. The molecule has 1 heterocycles. The maximum Gasteiger partial charge on any atom is 0.416 e. The molecule has 0 saturated heterocycles. The summed E-state index contributed by atoms with van der Waals surface area (Å²) in [7, 11) is 1.48. The third-order valence-corrected chi connectivity index (χ3v) is 4.07. The highest BCUT2D eigenvalue weighted by Gasteiger charge is 2.30. The molecule has 0 amide bonds. The van der Waals surface area contributed by atoms with Gasteiger partial charge in [0.15, 0.2) is 0 Å². The highest BCUT2D eigenvalue weighted by molar-refractivity contribution is 6.17. The Balaban J connectivity index is 2.31. The number of alkyl halides is 4. The van der Waals surface area contributed by atoms with Crippen LogP contribution in [0.3, 0.4) is 0 Å². The lowest BCUT2D eigenvalue weighted by Crippen LogP contribution is -2.20. The summed E-state index contributed by atoms with van der Waals surface area (Å²) in [6.07, 6.45) is -4.47. The van der Waals surface area contributed by atoms with Crippen molar-refractivity contribution in [1.29, 1.82) is 0 Å². The number of benzene rings is 2. The lowest BCUT2D eigenvalue weighted by atomic mass is 10.1. The summed E-state index contributed by atoms with van der Waals surface area (Å²) >= 11 is 5.88. The molecule has 0 aliphatic rings. The molecule has 0 radical (unpaired) electrons. The topological polar surface area (TPSA) is 34.9 Å². The van der Waals surface area contributed by atoms with E-state index < -0.39 is 11.7 Å². The molecule has 3 aromatic rings. The van der Waals surface area contributed by atoms with Gasteiger partial charge < -0.3 is 0 Å². The standard InChI is InChI=1S/C17H12ClF3N2O/c1-23-15(10-4-2-6-12(8-10)17(19,20)21)22-14-11(9-18)5-3-7-13(14)16(23)24/h2-8H,9H2,1H3. The molecule has 0 bridgehead atoms. The van der Waals surface area contributed by atoms with Crippen LogP contribution in [0.5, 0.6) is 0 Å². The average Bonchev–Trinajstić information content (AvgIpc) is 2.57. The third-order valence-electron chi connectivity index (χ3n) is 3.78. The molecule has 3 nitrogen and oxygen atoms in total. The van der Waals surface area contributed by atoms with Crippen molar-refractivity contribution < 1.29 is 13.2 Å². The zero-order valence-electron chi connectivity index (χ0n) is 12.6. The average molecular weight is 353 g/mol. The Morgan fingerprint density at radius 1 is 1.17 bits per heavy atom. The van der Waals surface area contributed by atoms with Crippen molar-refractivity contribution in [3.63, 3.8) is 0 Å². The van der Waals surface area contributed by atoms with Gasteiger partial charge >= 0.3 is 6.18 Å². The van der Waals surface area contributed by atoms with Crippen LogP contribution in [-0.2, 0) is 19.1 Å². The van der Waals surface area contributed by atoms with Gasteiger partial charge in [-0.25, -0.2) is 4.98 Å². The Labute approximate surface area is 140 Å². The van der Waals surface area contributed by atoms with E-state index in [1.54, 1.807) is 18.2 Å². The molecule has 7 heteroatoms. The van der Waals surface area contributed by atoms with Gasteiger partial charge in [0, 0.05) is 18.5 Å². The van der Waals surface area contributed by atoms with Gasteiger partial charge in [0.05, 0.1) is 16.5 Å². The monoisotopic (exact) mass is 352 g/mol. The van der Waals surface area contributed by atoms with E-state index in [1.165, 1.54) is 23.7 Å². The Hall–Kier alpha value is -2.34. The Morgan fingerprint density at radius 2 is 1.88 bits per heavy atom. The molecule has 3 rings (SSSR count). The molecule has 0 aliphatic heterocycles. The largest absolute Gasteiger partial charge is 0.416 e. The summed E-state index contributed by atoms with van der Waals surface area (Å²) in [6, 6.07) is 9.80. The van der Waals surface area contributed by atoms with Crippen LogP contribution in [0.25, 0.3) is 22.3 Å². The Bertz CT molecular complexity index is 980. The molecule has 0 atom stereocenters. The molecular weight excluding hydrogens is 341 g/mol. The lowest BCUT2D eigenvalue weighted by Gasteiger charge is -2.13. The van der Waals surface area contributed by atoms with Crippen molar-refractivity contribution in [1.82, 2.24) is 9.55 Å². The van der Waals surface area contributed by atoms with Crippen LogP contribution >= 0.6 is 11.6 Å². The molecular formula is C17H12ClF3N2O. The number of hydrogen-bond donors (Lipinski definition) is 0. The summed E-state index contributed by atoms with van der Waals surface area (Å²) in [5.41, 5.74) is 0.151. The number of para-hydroxylation sites is 1. The van der Waals surface area contributed by atoms with Crippen LogP contribution in [0, 0.1) is 0 Å². The first-order valence-corrected chi connectivity index (χ1v) is 7.58. The van der Waals surface area contributed by atoms with E-state index in [0.717, 1.165) is 12.1 Å².